The number of pyridine rings is 1. The molecule has 0 atom stereocenters. The van der Waals surface area contributed by atoms with E-state index in [1.807, 2.05) is 18.3 Å². The van der Waals surface area contributed by atoms with Gasteiger partial charge >= 0.3 is 0 Å². The summed E-state index contributed by atoms with van der Waals surface area (Å²) in [4.78, 5) is 12.0. The smallest absolute Gasteiger partial charge is 0.133 e. The molecule has 0 aliphatic carbocycles. The minimum Gasteiger partial charge on any atom is -0.345 e. The minimum atomic E-state index is 0.307. The van der Waals surface area contributed by atoms with Crippen LogP contribution in [0.1, 0.15) is 25.3 Å². The van der Waals surface area contributed by atoms with Gasteiger partial charge in [0.05, 0.1) is 17.5 Å². The monoisotopic (exact) mass is 281 g/mol. The Morgan fingerprint density at radius 1 is 1.10 bits per heavy atom. The van der Waals surface area contributed by atoms with Crippen molar-refractivity contribution >= 4 is 23.1 Å². The maximum absolute atomic E-state index is 5.39. The van der Waals surface area contributed by atoms with Crippen LogP contribution in [-0.2, 0) is 0 Å². The van der Waals surface area contributed by atoms with E-state index in [2.05, 4.69) is 47.0 Å². The lowest BCUT2D eigenvalue weighted by molar-refractivity contribution is 0.844. The molecule has 1 N–H and O–H groups in total. The first kappa shape index (κ1) is 12.9. The molecule has 0 spiro atoms. The molecule has 2 aromatic heterocycles. The summed E-state index contributed by atoms with van der Waals surface area (Å²) in [6.07, 6.45) is 3.47. The lowest BCUT2D eigenvalue weighted by atomic mass is 9.97. The number of nitrogens with zero attached hydrogens (tertiary/aromatic N) is 2. The molecule has 2 heterocycles. The summed E-state index contributed by atoms with van der Waals surface area (Å²) in [7, 11) is 0. The molecule has 0 fully saturated rings. The Balaban J connectivity index is 2.38. The molecule has 0 amide bonds. The van der Waals surface area contributed by atoms with Crippen LogP contribution in [0.2, 0.25) is 0 Å². The van der Waals surface area contributed by atoms with Gasteiger partial charge in [-0.3, -0.25) is 4.98 Å². The highest BCUT2D eigenvalue weighted by Gasteiger charge is 2.14. The van der Waals surface area contributed by atoms with Crippen LogP contribution >= 0.6 is 12.2 Å². The molecular weight excluding hydrogens is 266 g/mol. The molecular formula is C16H15N3S. The second kappa shape index (κ2) is 5.13. The molecule has 4 heteroatoms. The SMILES string of the molecule is CC(C)c1c(-c2cccc3cccnc23)[nH]cnc1=S. The molecule has 0 radical (unpaired) electrons. The van der Waals surface area contributed by atoms with Gasteiger partial charge in [0.1, 0.15) is 4.64 Å². The van der Waals surface area contributed by atoms with Crippen LogP contribution in [0.15, 0.2) is 42.9 Å². The van der Waals surface area contributed by atoms with Gasteiger partial charge in [-0.05, 0) is 12.0 Å². The normalized spacial score (nSPS) is 11.2. The molecule has 0 aliphatic heterocycles. The maximum atomic E-state index is 5.39. The van der Waals surface area contributed by atoms with Crippen molar-refractivity contribution in [2.45, 2.75) is 19.8 Å². The van der Waals surface area contributed by atoms with Crippen molar-refractivity contribution < 1.29 is 0 Å². The fourth-order valence-corrected chi connectivity index (χ4v) is 2.86. The number of hydrogen-bond acceptors (Lipinski definition) is 3. The van der Waals surface area contributed by atoms with Gasteiger partial charge in [-0.25, -0.2) is 4.98 Å². The first-order valence-corrected chi connectivity index (χ1v) is 7.01. The molecule has 0 aliphatic rings. The van der Waals surface area contributed by atoms with Crippen molar-refractivity contribution in [2.24, 2.45) is 0 Å². The largest absolute Gasteiger partial charge is 0.345 e. The van der Waals surface area contributed by atoms with Crippen LogP contribution in [0.3, 0.4) is 0 Å². The summed E-state index contributed by atoms with van der Waals surface area (Å²) in [5.74, 6) is 0.307. The summed E-state index contributed by atoms with van der Waals surface area (Å²) in [6.45, 7) is 4.26. The van der Waals surface area contributed by atoms with E-state index in [1.54, 1.807) is 6.33 Å². The summed E-state index contributed by atoms with van der Waals surface area (Å²) in [5, 5.41) is 1.12. The number of aromatic amines is 1. The molecule has 0 bridgehead atoms. The summed E-state index contributed by atoms with van der Waals surface area (Å²) < 4.78 is 0.654. The van der Waals surface area contributed by atoms with Crippen LogP contribution in [0.5, 0.6) is 0 Å². The van der Waals surface area contributed by atoms with Crippen LogP contribution in [0.25, 0.3) is 22.2 Å². The van der Waals surface area contributed by atoms with Crippen molar-refractivity contribution in [1.82, 2.24) is 15.0 Å². The number of H-pyrrole nitrogens is 1. The number of benzene rings is 1. The highest BCUT2D eigenvalue weighted by atomic mass is 32.1. The molecule has 3 nitrogen and oxygen atoms in total. The first-order valence-electron chi connectivity index (χ1n) is 6.60. The molecule has 0 saturated heterocycles. The minimum absolute atomic E-state index is 0.307. The molecule has 20 heavy (non-hydrogen) atoms. The third kappa shape index (κ3) is 2.12. The van der Waals surface area contributed by atoms with Crippen molar-refractivity contribution in [3.8, 4) is 11.3 Å². The molecule has 0 saturated carbocycles. The van der Waals surface area contributed by atoms with Gasteiger partial charge in [0.15, 0.2) is 0 Å². The lowest BCUT2D eigenvalue weighted by Crippen LogP contribution is -1.99. The van der Waals surface area contributed by atoms with Crippen molar-refractivity contribution in [1.29, 1.82) is 0 Å². The van der Waals surface area contributed by atoms with Crippen LogP contribution < -0.4 is 0 Å². The van der Waals surface area contributed by atoms with Crippen LogP contribution in [0.4, 0.5) is 0 Å². The van der Waals surface area contributed by atoms with Gasteiger partial charge < -0.3 is 4.98 Å². The van der Waals surface area contributed by atoms with Gasteiger partial charge in [-0.1, -0.05) is 50.3 Å². The Morgan fingerprint density at radius 3 is 2.70 bits per heavy atom. The molecule has 3 rings (SSSR count). The van der Waals surface area contributed by atoms with Crippen molar-refractivity contribution in [3.63, 3.8) is 0 Å². The zero-order valence-corrected chi connectivity index (χ0v) is 12.2. The van der Waals surface area contributed by atoms with E-state index in [1.165, 1.54) is 0 Å². The Bertz CT molecular complexity index is 816. The van der Waals surface area contributed by atoms with E-state index in [0.717, 1.165) is 27.7 Å². The molecule has 1 aromatic carbocycles. The summed E-state index contributed by atoms with van der Waals surface area (Å²) >= 11 is 5.39. The van der Waals surface area contributed by atoms with Gasteiger partial charge in [-0.2, -0.15) is 0 Å². The standard InChI is InChI=1S/C16H15N3S/c1-10(2)13-15(18-9-19-16(13)20)12-7-3-5-11-6-4-8-17-14(11)12/h3-10H,1-2H3,(H,18,19,20). The number of aromatic nitrogens is 3. The van der Waals surface area contributed by atoms with Gasteiger partial charge in [-0.15, -0.1) is 0 Å². The van der Waals surface area contributed by atoms with Gasteiger partial charge in [0.25, 0.3) is 0 Å². The predicted octanol–water partition coefficient (Wildman–Crippen LogP) is 4.48. The molecule has 0 unspecified atom stereocenters. The lowest BCUT2D eigenvalue weighted by Gasteiger charge is -2.13. The summed E-state index contributed by atoms with van der Waals surface area (Å²) in [5.41, 5.74) is 4.14. The topological polar surface area (TPSA) is 41.6 Å². The Labute approximate surface area is 122 Å². The van der Waals surface area contributed by atoms with Crippen LogP contribution in [-0.4, -0.2) is 15.0 Å². The van der Waals surface area contributed by atoms with Crippen LogP contribution in [0, 0.1) is 4.64 Å². The molecule has 3 aromatic rings. The average molecular weight is 281 g/mol. The van der Waals surface area contributed by atoms with Gasteiger partial charge in [0.2, 0.25) is 0 Å². The van der Waals surface area contributed by atoms with E-state index < -0.39 is 0 Å². The highest BCUT2D eigenvalue weighted by Crippen LogP contribution is 2.31. The maximum Gasteiger partial charge on any atom is 0.133 e. The first-order chi connectivity index (χ1) is 9.68. The number of nitrogens with one attached hydrogen (secondary N) is 1. The number of rotatable bonds is 2. The fraction of sp³-hybridized carbons (Fsp3) is 0.188. The second-order valence-corrected chi connectivity index (χ2v) is 5.42. The number of hydrogen-bond donors (Lipinski definition) is 1. The third-order valence-electron chi connectivity index (χ3n) is 3.37. The highest BCUT2D eigenvalue weighted by molar-refractivity contribution is 7.71. The van der Waals surface area contributed by atoms with Crippen molar-refractivity contribution in [2.75, 3.05) is 0 Å². The van der Waals surface area contributed by atoms with E-state index in [0.29, 0.717) is 10.6 Å². The number of fused-ring (bicyclic) bond motifs is 1. The zero-order chi connectivity index (χ0) is 14.1. The molecule has 100 valence electrons. The number of para-hydroxylation sites is 1. The second-order valence-electron chi connectivity index (χ2n) is 5.03. The fourth-order valence-electron chi connectivity index (χ4n) is 2.47. The van der Waals surface area contributed by atoms with E-state index in [-0.39, 0.29) is 0 Å². The Kier molecular flexibility index (Phi) is 3.32. The van der Waals surface area contributed by atoms with Crippen molar-refractivity contribution in [3.05, 3.63) is 53.1 Å². The van der Waals surface area contributed by atoms with E-state index in [9.17, 15) is 0 Å². The Hall–Kier alpha value is -2.07. The Morgan fingerprint density at radius 2 is 1.90 bits per heavy atom. The van der Waals surface area contributed by atoms with Gasteiger partial charge in [0, 0.05) is 22.7 Å². The quantitative estimate of drug-likeness (QED) is 0.704. The van der Waals surface area contributed by atoms with E-state index in [4.69, 9.17) is 12.2 Å². The summed E-state index contributed by atoms with van der Waals surface area (Å²) in [6, 6.07) is 10.2. The van der Waals surface area contributed by atoms with E-state index >= 15 is 0 Å². The average Bonchev–Trinajstić information content (AvgIpc) is 2.46. The third-order valence-corrected chi connectivity index (χ3v) is 3.70. The zero-order valence-electron chi connectivity index (χ0n) is 11.4. The predicted molar refractivity (Wildman–Crippen MR) is 84.2 cm³/mol.